The molecule has 0 atom stereocenters. The van der Waals surface area contributed by atoms with E-state index in [0.29, 0.717) is 6.42 Å². The van der Waals surface area contributed by atoms with Gasteiger partial charge in [0.2, 0.25) is 0 Å². The molecule has 0 saturated carbocycles. The lowest BCUT2D eigenvalue weighted by molar-refractivity contribution is -0.136. The summed E-state index contributed by atoms with van der Waals surface area (Å²) in [5.41, 5.74) is 3.36. The van der Waals surface area contributed by atoms with Crippen molar-refractivity contribution in [2.45, 2.75) is 26.2 Å². The summed E-state index contributed by atoms with van der Waals surface area (Å²) >= 11 is 0. The van der Waals surface area contributed by atoms with Crippen LogP contribution in [0.5, 0.6) is 0 Å². The molecule has 0 heterocycles. The number of aliphatic carboxylic acids is 1. The van der Waals surface area contributed by atoms with E-state index in [2.05, 4.69) is 18.7 Å². The molecule has 0 aromatic heterocycles. The number of carbonyl (C=O) groups is 1. The molecular weight excluding hydrogens is 236 g/mol. The van der Waals surface area contributed by atoms with Crippen LogP contribution < -0.4 is 0 Å². The quantitative estimate of drug-likeness (QED) is 0.717. The van der Waals surface area contributed by atoms with Crippen LogP contribution in [0.3, 0.4) is 0 Å². The van der Waals surface area contributed by atoms with Gasteiger partial charge in [-0.25, -0.2) is 0 Å². The molecule has 1 aliphatic rings. The van der Waals surface area contributed by atoms with Crippen LogP contribution in [0.15, 0.2) is 71.9 Å². The molecule has 0 radical (unpaired) electrons. The smallest absolute Gasteiger partial charge is 0.303 e. The Hall–Kier alpha value is -2.09. The maximum Gasteiger partial charge on any atom is 0.303 e. The Kier molecular flexibility index (Phi) is 6.37. The molecule has 2 heteroatoms. The summed E-state index contributed by atoms with van der Waals surface area (Å²) in [5, 5.41) is 8.70. The van der Waals surface area contributed by atoms with Gasteiger partial charge in [-0.2, -0.15) is 0 Å². The van der Waals surface area contributed by atoms with Gasteiger partial charge in [-0.3, -0.25) is 4.79 Å². The molecule has 1 rings (SSSR count). The number of hydrogen-bond acceptors (Lipinski definition) is 1. The number of allylic oxidation sites excluding steroid dienone is 11. The first kappa shape index (κ1) is 15.0. The molecule has 0 aromatic carbocycles. The van der Waals surface area contributed by atoms with Crippen molar-refractivity contribution in [1.82, 2.24) is 0 Å². The molecule has 0 fully saturated rings. The predicted octanol–water partition coefficient (Wildman–Crippen LogP) is 4.35. The molecule has 0 bridgehead atoms. The van der Waals surface area contributed by atoms with Crippen molar-refractivity contribution in [2.75, 3.05) is 0 Å². The molecule has 100 valence electrons. The zero-order chi connectivity index (χ0) is 14.1. The van der Waals surface area contributed by atoms with Crippen molar-refractivity contribution in [2.24, 2.45) is 0 Å². The second-order valence-electron chi connectivity index (χ2n) is 4.30. The number of rotatable bonds is 6. The number of hydrogen-bond donors (Lipinski definition) is 1. The van der Waals surface area contributed by atoms with Crippen molar-refractivity contribution >= 4 is 5.97 Å². The summed E-state index contributed by atoms with van der Waals surface area (Å²) in [5.74, 6) is -0.750. The highest BCUT2D eigenvalue weighted by Gasteiger charge is 2.04. The lowest BCUT2D eigenvalue weighted by Gasteiger charge is -2.01. The standard InChI is InChI=1S/C17H20O2/c1-3-6-15(7-4-2)16-9-5-8-14(10-12-16)11-13-17(18)19/h3-7,9-10,12H,1,8,11,13H2,2H3,(H,18,19)/b7-4-,15-6+. The summed E-state index contributed by atoms with van der Waals surface area (Å²) in [6.07, 6.45) is 17.6. The van der Waals surface area contributed by atoms with Crippen LogP contribution in [-0.2, 0) is 4.79 Å². The summed E-state index contributed by atoms with van der Waals surface area (Å²) in [6.45, 7) is 5.70. The minimum Gasteiger partial charge on any atom is -0.481 e. The van der Waals surface area contributed by atoms with Gasteiger partial charge in [0.05, 0.1) is 0 Å². The molecule has 0 amide bonds. The van der Waals surface area contributed by atoms with Crippen LogP contribution in [0.2, 0.25) is 0 Å². The van der Waals surface area contributed by atoms with Gasteiger partial charge in [0.1, 0.15) is 0 Å². The van der Waals surface area contributed by atoms with Crippen LogP contribution in [0.25, 0.3) is 0 Å². The van der Waals surface area contributed by atoms with Gasteiger partial charge in [0, 0.05) is 6.42 Å². The van der Waals surface area contributed by atoms with Crippen molar-refractivity contribution in [3.05, 3.63) is 71.9 Å². The van der Waals surface area contributed by atoms with Crippen LogP contribution in [-0.4, -0.2) is 11.1 Å². The fourth-order valence-electron chi connectivity index (χ4n) is 1.87. The van der Waals surface area contributed by atoms with E-state index in [1.807, 2.05) is 37.3 Å². The van der Waals surface area contributed by atoms with E-state index in [4.69, 9.17) is 5.11 Å². The third-order valence-corrected chi connectivity index (χ3v) is 2.81. The monoisotopic (exact) mass is 256 g/mol. The lowest BCUT2D eigenvalue weighted by atomic mass is 10.0. The van der Waals surface area contributed by atoms with Gasteiger partial charge in [-0.1, -0.05) is 60.8 Å². The topological polar surface area (TPSA) is 37.3 Å². The van der Waals surface area contributed by atoms with E-state index in [1.54, 1.807) is 6.08 Å². The zero-order valence-corrected chi connectivity index (χ0v) is 11.3. The minimum atomic E-state index is -0.750. The summed E-state index contributed by atoms with van der Waals surface area (Å²) < 4.78 is 0. The molecule has 1 aliphatic carbocycles. The Morgan fingerprint density at radius 3 is 2.89 bits per heavy atom. The normalized spacial score (nSPS) is 15.9. The molecule has 0 spiro atoms. The average molecular weight is 256 g/mol. The molecule has 0 unspecified atom stereocenters. The highest BCUT2D eigenvalue weighted by molar-refractivity contribution is 5.67. The second kappa shape index (κ2) is 8.09. The van der Waals surface area contributed by atoms with Crippen molar-refractivity contribution in [1.29, 1.82) is 0 Å². The number of carboxylic acids is 1. The Bertz CT molecular complexity index is 485. The third kappa shape index (κ3) is 5.38. The zero-order valence-electron chi connectivity index (χ0n) is 11.3. The van der Waals surface area contributed by atoms with Crippen molar-refractivity contribution in [3.8, 4) is 0 Å². The Morgan fingerprint density at radius 1 is 1.47 bits per heavy atom. The average Bonchev–Trinajstić information content (AvgIpc) is 2.61. The van der Waals surface area contributed by atoms with Gasteiger partial charge in [0.25, 0.3) is 0 Å². The summed E-state index contributed by atoms with van der Waals surface area (Å²) in [7, 11) is 0. The Labute approximate surface area is 114 Å². The first-order valence-corrected chi connectivity index (χ1v) is 6.41. The van der Waals surface area contributed by atoms with Crippen LogP contribution in [0, 0.1) is 0 Å². The van der Waals surface area contributed by atoms with Crippen LogP contribution >= 0.6 is 0 Å². The van der Waals surface area contributed by atoms with E-state index in [0.717, 1.165) is 23.1 Å². The Morgan fingerprint density at radius 2 is 2.26 bits per heavy atom. The van der Waals surface area contributed by atoms with Gasteiger partial charge in [0.15, 0.2) is 0 Å². The molecule has 0 saturated heterocycles. The first-order valence-electron chi connectivity index (χ1n) is 6.41. The largest absolute Gasteiger partial charge is 0.481 e. The fourth-order valence-corrected chi connectivity index (χ4v) is 1.87. The van der Waals surface area contributed by atoms with Crippen LogP contribution in [0.4, 0.5) is 0 Å². The van der Waals surface area contributed by atoms with Gasteiger partial charge in [-0.05, 0) is 30.9 Å². The molecule has 2 nitrogen and oxygen atoms in total. The maximum atomic E-state index is 10.6. The lowest BCUT2D eigenvalue weighted by Crippen LogP contribution is -1.95. The third-order valence-electron chi connectivity index (χ3n) is 2.81. The van der Waals surface area contributed by atoms with Gasteiger partial charge < -0.3 is 5.11 Å². The summed E-state index contributed by atoms with van der Waals surface area (Å²) in [4.78, 5) is 10.6. The van der Waals surface area contributed by atoms with Gasteiger partial charge >= 0.3 is 5.97 Å². The molecular formula is C17H20O2. The molecule has 0 aliphatic heterocycles. The highest BCUT2D eigenvalue weighted by atomic mass is 16.4. The minimum absolute atomic E-state index is 0.188. The van der Waals surface area contributed by atoms with E-state index in [9.17, 15) is 4.79 Å². The molecule has 19 heavy (non-hydrogen) atoms. The van der Waals surface area contributed by atoms with Gasteiger partial charge in [-0.15, -0.1) is 0 Å². The molecule has 1 N–H and O–H groups in total. The fraction of sp³-hybridized carbons (Fsp3) is 0.235. The summed E-state index contributed by atoms with van der Waals surface area (Å²) in [6, 6.07) is 0. The SMILES string of the molecule is C=C/C=C(\C=C/C)C1=CC=C(CCC(=O)O)CC=C1. The van der Waals surface area contributed by atoms with Crippen molar-refractivity contribution in [3.63, 3.8) is 0 Å². The van der Waals surface area contributed by atoms with Crippen molar-refractivity contribution < 1.29 is 9.90 Å². The maximum absolute atomic E-state index is 10.6. The predicted molar refractivity (Wildman–Crippen MR) is 79.9 cm³/mol. The number of carboxylic acid groups (broad SMARTS) is 1. The van der Waals surface area contributed by atoms with E-state index >= 15 is 0 Å². The molecule has 0 aromatic rings. The van der Waals surface area contributed by atoms with E-state index in [1.165, 1.54) is 0 Å². The second-order valence-corrected chi connectivity index (χ2v) is 4.30. The Balaban J connectivity index is 2.88. The van der Waals surface area contributed by atoms with E-state index < -0.39 is 5.97 Å². The first-order chi connectivity index (χ1) is 9.17. The van der Waals surface area contributed by atoms with Crippen LogP contribution in [0.1, 0.15) is 26.2 Å². The van der Waals surface area contributed by atoms with E-state index in [-0.39, 0.29) is 6.42 Å². The highest BCUT2D eigenvalue weighted by Crippen LogP contribution is 2.21.